The molecule has 0 bridgehead atoms. The van der Waals surface area contributed by atoms with Crippen molar-refractivity contribution in [2.75, 3.05) is 26.7 Å². The van der Waals surface area contributed by atoms with Crippen LogP contribution in [0.3, 0.4) is 0 Å². The molecule has 2 aromatic carbocycles. The Labute approximate surface area is 170 Å². The highest BCUT2D eigenvalue weighted by Crippen LogP contribution is 2.26. The number of aliphatic imine (C=N–C) groups is 1. The molecule has 1 aliphatic heterocycles. The van der Waals surface area contributed by atoms with Crippen molar-refractivity contribution in [3.8, 4) is 11.1 Å². The van der Waals surface area contributed by atoms with E-state index in [0.717, 1.165) is 37.6 Å². The number of aryl methyl sites for hydroxylation is 1. The minimum Gasteiger partial charge on any atom is -0.348 e. The Morgan fingerprint density at radius 3 is 2.55 bits per heavy atom. The van der Waals surface area contributed by atoms with Crippen molar-refractivity contribution in [3.05, 3.63) is 59.2 Å². The smallest absolute Gasteiger partial charge is 0.270 e. The third kappa shape index (κ3) is 5.07. The summed E-state index contributed by atoms with van der Waals surface area (Å²) in [5.74, 6) is -1.46. The first-order valence-electron chi connectivity index (χ1n) is 9.99. The lowest BCUT2D eigenvalue weighted by atomic mass is 9.96. The van der Waals surface area contributed by atoms with Gasteiger partial charge in [-0.05, 0) is 76.2 Å². The molecule has 29 heavy (non-hydrogen) atoms. The van der Waals surface area contributed by atoms with Gasteiger partial charge in [-0.25, -0.2) is 8.78 Å². The second kappa shape index (κ2) is 9.27. The molecule has 0 spiro atoms. The van der Waals surface area contributed by atoms with Crippen molar-refractivity contribution < 1.29 is 13.6 Å². The second-order valence-electron chi connectivity index (χ2n) is 7.53. The molecule has 3 rings (SSSR count). The Hall–Kier alpha value is -2.60. The summed E-state index contributed by atoms with van der Waals surface area (Å²) in [6.07, 6.45) is 1.81. The van der Waals surface area contributed by atoms with Crippen LogP contribution in [-0.4, -0.2) is 49.2 Å². The summed E-state index contributed by atoms with van der Waals surface area (Å²) in [5.41, 5.74) is 2.77. The number of amides is 1. The van der Waals surface area contributed by atoms with E-state index in [2.05, 4.69) is 22.3 Å². The maximum atomic E-state index is 14.3. The quantitative estimate of drug-likeness (QED) is 0.774. The van der Waals surface area contributed by atoms with E-state index in [9.17, 15) is 13.6 Å². The lowest BCUT2D eigenvalue weighted by molar-refractivity contribution is -0.115. The number of nitrogens with one attached hydrogen (secondary N) is 1. The molecule has 0 aromatic heterocycles. The van der Waals surface area contributed by atoms with E-state index in [0.29, 0.717) is 28.9 Å². The van der Waals surface area contributed by atoms with Crippen LogP contribution >= 0.6 is 0 Å². The van der Waals surface area contributed by atoms with Gasteiger partial charge in [-0.15, -0.1) is 0 Å². The molecule has 0 aliphatic carbocycles. The minimum atomic E-state index is -0.635. The van der Waals surface area contributed by atoms with Gasteiger partial charge >= 0.3 is 0 Å². The number of rotatable bonds is 5. The third-order valence-electron chi connectivity index (χ3n) is 5.32. The van der Waals surface area contributed by atoms with Gasteiger partial charge in [-0.2, -0.15) is 0 Å². The first-order valence-corrected chi connectivity index (χ1v) is 9.99. The fourth-order valence-corrected chi connectivity index (χ4v) is 3.61. The number of benzene rings is 2. The highest BCUT2D eigenvalue weighted by atomic mass is 19.1. The average Bonchev–Trinajstić information content (AvgIpc) is 2.69. The fourth-order valence-electron chi connectivity index (χ4n) is 3.61. The highest BCUT2D eigenvalue weighted by molar-refractivity contribution is 6.45. The number of hydrogen-bond acceptors (Lipinski definition) is 3. The zero-order chi connectivity index (χ0) is 21.0. The normalized spacial score (nSPS) is 16.1. The predicted molar refractivity (Wildman–Crippen MR) is 112 cm³/mol. The Kier molecular flexibility index (Phi) is 6.75. The number of likely N-dealkylation sites (tertiary alicyclic amines) is 1. The summed E-state index contributed by atoms with van der Waals surface area (Å²) in [5, 5.41) is 3.11. The van der Waals surface area contributed by atoms with Gasteiger partial charge in [0.15, 0.2) is 0 Å². The molecule has 1 amide bonds. The van der Waals surface area contributed by atoms with E-state index < -0.39 is 11.6 Å². The number of hydrogen-bond donors (Lipinski definition) is 1. The van der Waals surface area contributed by atoms with Gasteiger partial charge in [0, 0.05) is 29.8 Å². The van der Waals surface area contributed by atoms with E-state index in [4.69, 9.17) is 0 Å². The molecule has 4 nitrogen and oxygen atoms in total. The van der Waals surface area contributed by atoms with E-state index in [1.165, 1.54) is 12.1 Å². The van der Waals surface area contributed by atoms with Crippen LogP contribution in [0, 0.1) is 18.6 Å². The average molecular weight is 399 g/mol. The van der Waals surface area contributed by atoms with Gasteiger partial charge in [0.25, 0.3) is 5.91 Å². The number of halogens is 2. The zero-order valence-electron chi connectivity index (χ0n) is 17.1. The van der Waals surface area contributed by atoms with Crippen molar-refractivity contribution >= 4 is 11.6 Å². The summed E-state index contributed by atoms with van der Waals surface area (Å²) in [6.45, 7) is 6.13. The molecule has 0 atom stereocenters. The van der Waals surface area contributed by atoms with Gasteiger partial charge in [-0.1, -0.05) is 12.1 Å². The van der Waals surface area contributed by atoms with Crippen molar-refractivity contribution in [1.82, 2.24) is 10.2 Å². The molecule has 154 valence electrons. The lowest BCUT2D eigenvalue weighted by Gasteiger charge is -2.29. The minimum absolute atomic E-state index is 0.124. The van der Waals surface area contributed by atoms with E-state index in [1.54, 1.807) is 12.1 Å². The molecule has 1 aliphatic rings. The number of nitrogens with zero attached hydrogens (tertiary/aromatic N) is 2. The molecule has 0 radical (unpaired) electrons. The molecular formula is C23H27F2N3O. The number of carbonyl (C=O) groups is 1. The standard InChI is InChI=1S/C23H27F2N3O/c1-4-26-22(23(29)27-18-9-11-28(3)12-10-18)20-13-16(6-5-15(20)2)19-8-7-17(24)14-21(19)25/h5-8,13-14,18H,4,9-12H2,1-3H3,(H,27,29). The Morgan fingerprint density at radius 1 is 1.17 bits per heavy atom. The summed E-state index contributed by atoms with van der Waals surface area (Å²) < 4.78 is 27.5. The lowest BCUT2D eigenvalue weighted by Crippen LogP contribution is -2.45. The molecular weight excluding hydrogens is 372 g/mol. The van der Waals surface area contributed by atoms with Crippen molar-refractivity contribution in [2.45, 2.75) is 32.7 Å². The summed E-state index contributed by atoms with van der Waals surface area (Å²) in [4.78, 5) is 19.7. The molecule has 1 N–H and O–H groups in total. The molecule has 0 unspecified atom stereocenters. The van der Waals surface area contributed by atoms with Crippen molar-refractivity contribution in [3.63, 3.8) is 0 Å². The van der Waals surface area contributed by atoms with Crippen LogP contribution in [0.1, 0.15) is 30.9 Å². The topological polar surface area (TPSA) is 44.7 Å². The van der Waals surface area contributed by atoms with Crippen LogP contribution in [0.15, 0.2) is 41.4 Å². The number of piperidine rings is 1. The Balaban J connectivity index is 1.90. The monoisotopic (exact) mass is 399 g/mol. The molecule has 2 aromatic rings. The van der Waals surface area contributed by atoms with E-state index >= 15 is 0 Å². The molecule has 1 saturated heterocycles. The van der Waals surface area contributed by atoms with Crippen LogP contribution in [0.25, 0.3) is 11.1 Å². The molecule has 0 saturated carbocycles. The van der Waals surface area contributed by atoms with Gasteiger partial charge in [0.05, 0.1) is 0 Å². The fraction of sp³-hybridized carbons (Fsp3) is 0.391. The molecule has 6 heteroatoms. The second-order valence-corrected chi connectivity index (χ2v) is 7.53. The summed E-state index contributed by atoms with van der Waals surface area (Å²) >= 11 is 0. The van der Waals surface area contributed by atoms with E-state index in [-0.39, 0.29) is 11.9 Å². The summed E-state index contributed by atoms with van der Waals surface area (Å²) in [7, 11) is 2.07. The van der Waals surface area contributed by atoms with Crippen LogP contribution < -0.4 is 5.32 Å². The van der Waals surface area contributed by atoms with Crippen LogP contribution in [0.5, 0.6) is 0 Å². The van der Waals surface area contributed by atoms with Crippen molar-refractivity contribution in [2.24, 2.45) is 4.99 Å². The maximum absolute atomic E-state index is 14.3. The largest absolute Gasteiger partial charge is 0.348 e. The van der Waals surface area contributed by atoms with E-state index in [1.807, 2.05) is 19.9 Å². The van der Waals surface area contributed by atoms with Gasteiger partial charge in [0.2, 0.25) is 0 Å². The van der Waals surface area contributed by atoms with Gasteiger partial charge in [-0.3, -0.25) is 9.79 Å². The highest BCUT2D eigenvalue weighted by Gasteiger charge is 2.23. The molecule has 1 fully saturated rings. The first-order chi connectivity index (χ1) is 13.9. The van der Waals surface area contributed by atoms with Gasteiger partial charge < -0.3 is 10.2 Å². The SMILES string of the molecule is CCN=C(C(=O)NC1CCN(C)CC1)c1cc(-c2ccc(F)cc2F)ccc1C. The van der Waals surface area contributed by atoms with Gasteiger partial charge in [0.1, 0.15) is 17.3 Å². The van der Waals surface area contributed by atoms with Crippen LogP contribution in [-0.2, 0) is 4.79 Å². The third-order valence-corrected chi connectivity index (χ3v) is 5.32. The van der Waals surface area contributed by atoms with Crippen LogP contribution in [0.2, 0.25) is 0 Å². The number of carbonyl (C=O) groups excluding carboxylic acids is 1. The Morgan fingerprint density at radius 2 is 1.90 bits per heavy atom. The molecule has 1 heterocycles. The Bertz CT molecular complexity index is 918. The predicted octanol–water partition coefficient (Wildman–Crippen LogP) is 3.96. The zero-order valence-corrected chi connectivity index (χ0v) is 17.1. The maximum Gasteiger partial charge on any atom is 0.270 e. The first kappa shape index (κ1) is 21.1. The summed E-state index contributed by atoms with van der Waals surface area (Å²) in [6, 6.07) is 8.99. The van der Waals surface area contributed by atoms with Crippen LogP contribution in [0.4, 0.5) is 8.78 Å². The van der Waals surface area contributed by atoms with Crippen molar-refractivity contribution in [1.29, 1.82) is 0 Å².